The van der Waals surface area contributed by atoms with Crippen LogP contribution in [0.3, 0.4) is 0 Å². The number of halogens is 1. The summed E-state index contributed by atoms with van der Waals surface area (Å²) in [6.07, 6.45) is 1.67. The van der Waals surface area contributed by atoms with Crippen LogP contribution in [0.25, 0.3) is 10.8 Å². The van der Waals surface area contributed by atoms with Crippen LogP contribution in [0, 0.1) is 0 Å². The van der Waals surface area contributed by atoms with Gasteiger partial charge < -0.3 is 10.0 Å². The third-order valence-corrected chi connectivity index (χ3v) is 3.76. The number of hydrogen-bond donors (Lipinski definition) is 1. The zero-order valence-corrected chi connectivity index (χ0v) is 11.9. The highest BCUT2D eigenvalue weighted by atomic mass is 35.5. The number of carboxylic acid groups (broad SMARTS) is 1. The van der Waals surface area contributed by atoms with Crippen LogP contribution in [0.4, 0.5) is 0 Å². The molecule has 108 valence electrons. The number of aliphatic carboxylic acids is 1. The highest BCUT2D eigenvalue weighted by molar-refractivity contribution is 6.34. The number of amides is 1. The van der Waals surface area contributed by atoms with Crippen molar-refractivity contribution in [2.24, 2.45) is 0 Å². The number of aromatic nitrogens is 1. The van der Waals surface area contributed by atoms with Crippen LogP contribution in [0.2, 0.25) is 5.15 Å². The van der Waals surface area contributed by atoms with Crippen molar-refractivity contribution < 1.29 is 14.7 Å². The fraction of sp³-hybridized carbons (Fsp3) is 0.267. The van der Waals surface area contributed by atoms with Gasteiger partial charge in [0.2, 0.25) is 0 Å². The molecule has 0 saturated heterocycles. The first-order chi connectivity index (χ1) is 10.1. The Balaban J connectivity index is 1.98. The molecule has 1 amide bonds. The molecule has 1 heterocycles. The molecule has 0 atom stereocenters. The summed E-state index contributed by atoms with van der Waals surface area (Å²) in [5.41, 5.74) is 0.187. The maximum atomic E-state index is 12.5. The van der Waals surface area contributed by atoms with E-state index in [0.717, 1.165) is 23.6 Å². The minimum atomic E-state index is -1.03. The lowest BCUT2D eigenvalue weighted by Crippen LogP contribution is -2.37. The summed E-state index contributed by atoms with van der Waals surface area (Å²) in [5.74, 6) is -1.41. The van der Waals surface area contributed by atoms with Gasteiger partial charge in [0.1, 0.15) is 17.4 Å². The van der Waals surface area contributed by atoms with Crippen LogP contribution < -0.4 is 0 Å². The van der Waals surface area contributed by atoms with E-state index in [1.807, 2.05) is 24.3 Å². The highest BCUT2D eigenvalue weighted by Crippen LogP contribution is 2.29. The molecule has 6 heteroatoms. The lowest BCUT2D eigenvalue weighted by Gasteiger charge is -2.20. The first-order valence-corrected chi connectivity index (χ1v) is 7.02. The predicted octanol–water partition coefficient (Wildman–Crippen LogP) is 2.58. The zero-order chi connectivity index (χ0) is 15.0. The smallest absolute Gasteiger partial charge is 0.323 e. The number of benzene rings is 1. The molecule has 1 aliphatic rings. The Kier molecular flexibility index (Phi) is 3.51. The first-order valence-electron chi connectivity index (χ1n) is 6.64. The second-order valence-electron chi connectivity index (χ2n) is 5.08. The zero-order valence-electron chi connectivity index (χ0n) is 11.1. The van der Waals surface area contributed by atoms with E-state index in [9.17, 15) is 9.59 Å². The van der Waals surface area contributed by atoms with Gasteiger partial charge in [-0.1, -0.05) is 35.9 Å². The van der Waals surface area contributed by atoms with Gasteiger partial charge in [0, 0.05) is 11.4 Å². The van der Waals surface area contributed by atoms with Crippen molar-refractivity contribution in [3.63, 3.8) is 0 Å². The fourth-order valence-electron chi connectivity index (χ4n) is 2.31. The van der Waals surface area contributed by atoms with Gasteiger partial charge in [0.05, 0.1) is 0 Å². The Morgan fingerprint density at radius 3 is 2.71 bits per heavy atom. The van der Waals surface area contributed by atoms with E-state index in [1.54, 1.807) is 6.07 Å². The van der Waals surface area contributed by atoms with Gasteiger partial charge in [-0.15, -0.1) is 0 Å². The predicted molar refractivity (Wildman–Crippen MR) is 78.4 cm³/mol. The maximum Gasteiger partial charge on any atom is 0.323 e. The van der Waals surface area contributed by atoms with E-state index in [0.29, 0.717) is 0 Å². The SMILES string of the molecule is O=C(O)CN(C(=O)c1cc2ccccc2c(Cl)n1)C1CC1. The quantitative estimate of drug-likeness (QED) is 0.881. The lowest BCUT2D eigenvalue weighted by molar-refractivity contribution is -0.137. The molecule has 1 aliphatic carbocycles. The average molecular weight is 305 g/mol. The fourth-order valence-corrected chi connectivity index (χ4v) is 2.57. The van der Waals surface area contributed by atoms with Gasteiger partial charge in [-0.25, -0.2) is 4.98 Å². The number of carboxylic acids is 1. The van der Waals surface area contributed by atoms with E-state index in [-0.39, 0.29) is 29.3 Å². The van der Waals surface area contributed by atoms with E-state index in [2.05, 4.69) is 4.98 Å². The summed E-state index contributed by atoms with van der Waals surface area (Å²) in [6.45, 7) is -0.310. The number of carbonyl (C=O) groups is 2. The van der Waals surface area contributed by atoms with E-state index in [1.165, 1.54) is 4.90 Å². The maximum absolute atomic E-state index is 12.5. The molecule has 1 N–H and O–H groups in total. The molecule has 1 fully saturated rings. The standard InChI is InChI=1S/C15H13ClN2O3/c16-14-11-4-2-1-3-9(11)7-12(17-14)15(21)18(8-13(19)20)10-5-6-10/h1-4,7,10H,5-6,8H2,(H,19,20). The summed E-state index contributed by atoms with van der Waals surface area (Å²) in [7, 11) is 0. The monoisotopic (exact) mass is 304 g/mol. The van der Waals surface area contributed by atoms with Gasteiger partial charge in [-0.3, -0.25) is 9.59 Å². The van der Waals surface area contributed by atoms with Gasteiger partial charge in [-0.05, 0) is 24.3 Å². The number of hydrogen-bond acceptors (Lipinski definition) is 3. The first kappa shape index (κ1) is 13.8. The summed E-state index contributed by atoms with van der Waals surface area (Å²) in [4.78, 5) is 28.9. The molecule has 2 aromatic rings. The van der Waals surface area contributed by atoms with Crippen molar-refractivity contribution in [2.75, 3.05) is 6.54 Å². The summed E-state index contributed by atoms with van der Waals surface area (Å²) >= 11 is 6.11. The second kappa shape index (κ2) is 5.33. The van der Waals surface area contributed by atoms with Gasteiger partial charge in [0.15, 0.2) is 0 Å². The third-order valence-electron chi connectivity index (χ3n) is 3.47. The summed E-state index contributed by atoms with van der Waals surface area (Å²) < 4.78 is 0. The van der Waals surface area contributed by atoms with Crippen molar-refractivity contribution >= 4 is 34.2 Å². The molecular weight excluding hydrogens is 292 g/mol. The highest BCUT2D eigenvalue weighted by Gasteiger charge is 2.35. The summed E-state index contributed by atoms with van der Waals surface area (Å²) in [6, 6.07) is 9.02. The number of fused-ring (bicyclic) bond motifs is 1. The Morgan fingerprint density at radius 1 is 1.33 bits per heavy atom. The molecule has 1 aromatic carbocycles. The van der Waals surface area contributed by atoms with Crippen molar-refractivity contribution in [2.45, 2.75) is 18.9 Å². The molecule has 3 rings (SSSR count). The Bertz CT molecular complexity index is 728. The molecule has 0 spiro atoms. The molecular formula is C15H13ClN2O3. The number of nitrogens with zero attached hydrogens (tertiary/aromatic N) is 2. The number of pyridine rings is 1. The molecule has 5 nitrogen and oxygen atoms in total. The number of rotatable bonds is 4. The Labute approximate surface area is 126 Å². The molecule has 1 aromatic heterocycles. The Morgan fingerprint density at radius 2 is 2.05 bits per heavy atom. The normalized spacial score (nSPS) is 14.1. The van der Waals surface area contributed by atoms with Crippen LogP contribution in [-0.2, 0) is 4.79 Å². The Hall–Kier alpha value is -2.14. The van der Waals surface area contributed by atoms with Gasteiger partial charge in [-0.2, -0.15) is 0 Å². The molecule has 21 heavy (non-hydrogen) atoms. The number of carbonyl (C=O) groups excluding carboxylic acids is 1. The molecule has 0 radical (unpaired) electrons. The molecule has 0 aliphatic heterocycles. The van der Waals surface area contributed by atoms with Crippen LogP contribution >= 0.6 is 11.6 Å². The van der Waals surface area contributed by atoms with E-state index < -0.39 is 5.97 Å². The van der Waals surface area contributed by atoms with Crippen molar-refractivity contribution in [3.05, 3.63) is 41.2 Å². The average Bonchev–Trinajstić information content (AvgIpc) is 3.28. The largest absolute Gasteiger partial charge is 0.480 e. The van der Waals surface area contributed by atoms with Crippen LogP contribution in [0.5, 0.6) is 0 Å². The third kappa shape index (κ3) is 2.83. The second-order valence-corrected chi connectivity index (χ2v) is 5.44. The summed E-state index contributed by atoms with van der Waals surface area (Å²) in [5, 5.41) is 10.8. The van der Waals surface area contributed by atoms with E-state index in [4.69, 9.17) is 16.7 Å². The van der Waals surface area contributed by atoms with Crippen LogP contribution in [0.15, 0.2) is 30.3 Å². The molecule has 0 bridgehead atoms. The lowest BCUT2D eigenvalue weighted by atomic mass is 10.1. The molecule has 1 saturated carbocycles. The van der Waals surface area contributed by atoms with Crippen molar-refractivity contribution in [3.8, 4) is 0 Å². The van der Waals surface area contributed by atoms with Crippen LogP contribution in [0.1, 0.15) is 23.3 Å². The van der Waals surface area contributed by atoms with E-state index >= 15 is 0 Å². The van der Waals surface area contributed by atoms with Gasteiger partial charge in [0.25, 0.3) is 5.91 Å². The van der Waals surface area contributed by atoms with Gasteiger partial charge >= 0.3 is 5.97 Å². The molecule has 0 unspecified atom stereocenters. The minimum absolute atomic E-state index is 0.000598. The topological polar surface area (TPSA) is 70.5 Å². The van der Waals surface area contributed by atoms with Crippen molar-refractivity contribution in [1.82, 2.24) is 9.88 Å². The van der Waals surface area contributed by atoms with Crippen molar-refractivity contribution in [1.29, 1.82) is 0 Å². The minimum Gasteiger partial charge on any atom is -0.480 e. The van der Waals surface area contributed by atoms with Crippen LogP contribution in [-0.4, -0.2) is 39.5 Å².